The van der Waals surface area contributed by atoms with Crippen molar-refractivity contribution in [2.75, 3.05) is 12.8 Å². The Morgan fingerprint density at radius 1 is 1.50 bits per heavy atom. The van der Waals surface area contributed by atoms with Crippen molar-refractivity contribution in [1.82, 2.24) is 5.06 Å². The van der Waals surface area contributed by atoms with E-state index in [4.69, 9.17) is 5.21 Å². The van der Waals surface area contributed by atoms with Crippen LogP contribution in [-0.4, -0.2) is 42.6 Å². The summed E-state index contributed by atoms with van der Waals surface area (Å²) in [5, 5.41) is 8.27. The van der Waals surface area contributed by atoms with Crippen LogP contribution in [0, 0.1) is 0 Å². The first-order valence-corrected chi connectivity index (χ1v) is 5.16. The number of sulfone groups is 1. The van der Waals surface area contributed by atoms with Crippen molar-refractivity contribution in [3.8, 4) is 0 Å². The van der Waals surface area contributed by atoms with Crippen molar-refractivity contribution in [2.24, 2.45) is 0 Å². The first-order valence-electron chi connectivity index (χ1n) is 3.44. The zero-order valence-electron chi connectivity index (χ0n) is 7.31. The number of hydrogen-bond acceptors (Lipinski definition) is 4. The molecule has 0 aromatic heterocycles. The molecule has 5 nitrogen and oxygen atoms in total. The third-order valence-corrected chi connectivity index (χ3v) is 3.49. The molecule has 6 heteroatoms. The lowest BCUT2D eigenvalue weighted by Crippen LogP contribution is -2.32. The third kappa shape index (κ3) is 3.19. The molecule has 0 heterocycles. The zero-order valence-corrected chi connectivity index (χ0v) is 8.13. The second kappa shape index (κ2) is 3.86. The molecule has 1 N–H and O–H groups in total. The second-order valence-electron chi connectivity index (χ2n) is 2.77. The quantitative estimate of drug-likeness (QED) is 0.493. The van der Waals surface area contributed by atoms with Crippen molar-refractivity contribution in [3.05, 3.63) is 0 Å². The lowest BCUT2D eigenvalue weighted by atomic mass is 10.6. The summed E-state index contributed by atoms with van der Waals surface area (Å²) in [7, 11) is -2.30. The van der Waals surface area contributed by atoms with Crippen LogP contribution >= 0.6 is 0 Å². The minimum Gasteiger partial charge on any atom is -0.286 e. The summed E-state index contributed by atoms with van der Waals surface area (Å²) < 4.78 is 22.2. The lowest BCUT2D eigenvalue weighted by Gasteiger charge is -2.10. The van der Waals surface area contributed by atoms with Gasteiger partial charge in [0.2, 0.25) is 0 Å². The van der Waals surface area contributed by atoms with E-state index in [1.54, 1.807) is 0 Å². The van der Waals surface area contributed by atoms with Crippen molar-refractivity contribution in [3.63, 3.8) is 0 Å². The molecular formula is C6H13NO4S. The number of carbonyl (C=O) groups is 1. The highest BCUT2D eigenvalue weighted by atomic mass is 32.2. The van der Waals surface area contributed by atoms with Gasteiger partial charge in [-0.3, -0.25) is 10.0 Å². The molecular weight excluding hydrogens is 182 g/mol. The molecule has 0 bridgehead atoms. The molecule has 72 valence electrons. The van der Waals surface area contributed by atoms with E-state index < -0.39 is 26.7 Å². The average Bonchev–Trinajstić information content (AvgIpc) is 1.85. The van der Waals surface area contributed by atoms with E-state index in [0.717, 1.165) is 7.05 Å². The molecule has 0 saturated carbocycles. The molecule has 12 heavy (non-hydrogen) atoms. The Kier molecular flexibility index (Phi) is 3.66. The predicted octanol–water partition coefficient (Wildman–Crippen LogP) is -0.343. The van der Waals surface area contributed by atoms with Crippen molar-refractivity contribution in [1.29, 1.82) is 0 Å². The normalized spacial score (nSPS) is 11.8. The topological polar surface area (TPSA) is 74.7 Å². The lowest BCUT2D eigenvalue weighted by molar-refractivity contribution is -0.156. The Balaban J connectivity index is 4.38. The largest absolute Gasteiger partial charge is 0.286 e. The number of hydrogen-bond donors (Lipinski definition) is 1. The van der Waals surface area contributed by atoms with Gasteiger partial charge in [0.1, 0.15) is 5.75 Å². The Hall–Kier alpha value is -0.620. The predicted molar refractivity (Wildman–Crippen MR) is 43.5 cm³/mol. The highest BCUT2D eigenvalue weighted by molar-refractivity contribution is 7.92. The van der Waals surface area contributed by atoms with Gasteiger partial charge in [0.05, 0.1) is 5.25 Å². The Morgan fingerprint density at radius 3 is 2.17 bits per heavy atom. The van der Waals surface area contributed by atoms with Crippen LogP contribution in [0.5, 0.6) is 0 Å². The number of amides is 1. The van der Waals surface area contributed by atoms with Crippen molar-refractivity contribution in [2.45, 2.75) is 19.1 Å². The molecule has 0 spiro atoms. The summed E-state index contributed by atoms with van der Waals surface area (Å²) in [5.74, 6) is -1.46. The summed E-state index contributed by atoms with van der Waals surface area (Å²) in [4.78, 5) is 10.8. The van der Waals surface area contributed by atoms with Gasteiger partial charge in [-0.15, -0.1) is 0 Å². The smallest absolute Gasteiger partial charge is 0.260 e. The molecule has 0 rings (SSSR count). The maximum Gasteiger partial charge on any atom is 0.260 e. The molecule has 0 aromatic rings. The average molecular weight is 195 g/mol. The van der Waals surface area contributed by atoms with Crippen LogP contribution in [0.3, 0.4) is 0 Å². The van der Waals surface area contributed by atoms with Crippen molar-refractivity contribution < 1.29 is 18.4 Å². The van der Waals surface area contributed by atoms with Crippen LogP contribution in [0.1, 0.15) is 13.8 Å². The summed E-state index contributed by atoms with van der Waals surface area (Å²) in [6.07, 6.45) is 0. The maximum atomic E-state index is 11.1. The summed E-state index contributed by atoms with van der Waals surface area (Å²) >= 11 is 0. The first-order chi connectivity index (χ1) is 5.27. The minimum absolute atomic E-state index is 0.278. The van der Waals surface area contributed by atoms with Gasteiger partial charge in [0.25, 0.3) is 5.91 Å². The fourth-order valence-corrected chi connectivity index (χ4v) is 1.30. The SMILES string of the molecule is CC(C)S(=O)(=O)CC(=O)N(C)O. The highest BCUT2D eigenvalue weighted by Crippen LogP contribution is 2.01. The molecule has 0 aliphatic heterocycles. The molecule has 0 atom stereocenters. The Morgan fingerprint density at radius 2 is 1.92 bits per heavy atom. The zero-order chi connectivity index (χ0) is 9.94. The van der Waals surface area contributed by atoms with Gasteiger partial charge in [-0.05, 0) is 13.8 Å². The van der Waals surface area contributed by atoms with E-state index in [1.807, 2.05) is 0 Å². The van der Waals surface area contributed by atoms with Crippen LogP contribution in [0.4, 0.5) is 0 Å². The first kappa shape index (κ1) is 11.4. The van der Waals surface area contributed by atoms with Gasteiger partial charge in [0.15, 0.2) is 9.84 Å². The van der Waals surface area contributed by atoms with Crippen LogP contribution < -0.4 is 0 Å². The fraction of sp³-hybridized carbons (Fsp3) is 0.833. The second-order valence-corrected chi connectivity index (χ2v) is 5.33. The Bertz CT molecular complexity index is 255. The molecule has 0 aromatic carbocycles. The molecule has 1 amide bonds. The van der Waals surface area contributed by atoms with Gasteiger partial charge in [0, 0.05) is 7.05 Å². The van der Waals surface area contributed by atoms with Gasteiger partial charge in [-0.2, -0.15) is 0 Å². The standard InChI is InChI=1S/C6H13NO4S/c1-5(2)12(10,11)4-6(8)7(3)9/h5,9H,4H2,1-3H3. The maximum absolute atomic E-state index is 11.1. The highest BCUT2D eigenvalue weighted by Gasteiger charge is 2.22. The number of nitrogens with zero attached hydrogens (tertiary/aromatic N) is 1. The molecule has 0 fully saturated rings. The molecule has 0 unspecified atom stereocenters. The van der Waals surface area contributed by atoms with Gasteiger partial charge in [-0.1, -0.05) is 0 Å². The summed E-state index contributed by atoms with van der Waals surface area (Å²) in [6.45, 7) is 2.97. The molecule has 0 saturated heterocycles. The van der Waals surface area contributed by atoms with Gasteiger partial charge in [-0.25, -0.2) is 13.5 Å². The fourth-order valence-electron chi connectivity index (χ4n) is 0.432. The van der Waals surface area contributed by atoms with E-state index in [-0.39, 0.29) is 5.06 Å². The van der Waals surface area contributed by atoms with E-state index in [0.29, 0.717) is 0 Å². The molecule has 0 radical (unpaired) electrons. The van der Waals surface area contributed by atoms with Crippen molar-refractivity contribution >= 4 is 15.7 Å². The van der Waals surface area contributed by atoms with Gasteiger partial charge >= 0.3 is 0 Å². The van der Waals surface area contributed by atoms with Crippen LogP contribution in [0.15, 0.2) is 0 Å². The number of rotatable bonds is 3. The Labute approximate surface area is 71.9 Å². The minimum atomic E-state index is -3.39. The number of hydroxylamine groups is 2. The summed E-state index contributed by atoms with van der Waals surface area (Å²) in [5.41, 5.74) is 0. The van der Waals surface area contributed by atoms with E-state index in [1.165, 1.54) is 13.8 Å². The van der Waals surface area contributed by atoms with E-state index >= 15 is 0 Å². The number of carbonyl (C=O) groups excluding carboxylic acids is 1. The molecule has 0 aliphatic carbocycles. The van der Waals surface area contributed by atoms with Crippen LogP contribution in [0.25, 0.3) is 0 Å². The summed E-state index contributed by atoms with van der Waals surface area (Å²) in [6, 6.07) is 0. The van der Waals surface area contributed by atoms with E-state index in [2.05, 4.69) is 0 Å². The van der Waals surface area contributed by atoms with E-state index in [9.17, 15) is 13.2 Å². The van der Waals surface area contributed by atoms with Crippen LogP contribution in [0.2, 0.25) is 0 Å². The third-order valence-electron chi connectivity index (χ3n) is 1.40. The molecule has 0 aliphatic rings. The monoisotopic (exact) mass is 195 g/mol. The van der Waals surface area contributed by atoms with Crippen LogP contribution in [-0.2, 0) is 14.6 Å². The van der Waals surface area contributed by atoms with Gasteiger partial charge < -0.3 is 0 Å².